The molecule has 0 aromatic heterocycles. The highest BCUT2D eigenvalue weighted by atomic mass is 32.2. The van der Waals surface area contributed by atoms with Gasteiger partial charge in [0, 0.05) is 17.0 Å². The number of aliphatic hydroxyl groups is 1. The molecule has 0 radical (unpaired) electrons. The molecule has 0 saturated carbocycles. The fourth-order valence-electron chi connectivity index (χ4n) is 6.13. The Morgan fingerprint density at radius 3 is 2.57 bits per heavy atom. The SMILES string of the molecule is CCCCNC(=O)C1N([C@H](C)CO)C(=O)[C@@H]2[C@@H](C(=O)Nc3ccc(OCC)cc3)[C@@]3(C)CCC12S3. The van der Waals surface area contributed by atoms with Gasteiger partial charge >= 0.3 is 0 Å². The number of thioether (sulfide) groups is 1. The van der Waals surface area contributed by atoms with Crippen molar-refractivity contribution in [3.63, 3.8) is 0 Å². The van der Waals surface area contributed by atoms with E-state index >= 15 is 0 Å². The number of likely N-dealkylation sites (tertiary alicyclic amines) is 1. The number of benzene rings is 1. The number of fused-ring (bicyclic) bond motifs is 1. The summed E-state index contributed by atoms with van der Waals surface area (Å²) in [5.74, 6) is -1.04. The predicted octanol–water partition coefficient (Wildman–Crippen LogP) is 2.80. The number of ether oxygens (including phenoxy) is 1. The lowest BCUT2D eigenvalue weighted by Crippen LogP contribution is -2.56. The van der Waals surface area contributed by atoms with Gasteiger partial charge in [0.1, 0.15) is 11.8 Å². The third kappa shape index (κ3) is 4.31. The van der Waals surface area contributed by atoms with Crippen LogP contribution in [0.2, 0.25) is 0 Å². The number of amides is 3. The molecule has 3 aliphatic rings. The van der Waals surface area contributed by atoms with Crippen LogP contribution < -0.4 is 15.4 Å². The number of nitrogens with one attached hydrogen (secondary N) is 2. The van der Waals surface area contributed by atoms with Crippen molar-refractivity contribution in [2.75, 3.05) is 25.1 Å². The van der Waals surface area contributed by atoms with Crippen molar-refractivity contribution >= 4 is 35.2 Å². The second-order valence-electron chi connectivity index (χ2n) is 10.1. The molecule has 6 atom stereocenters. The van der Waals surface area contributed by atoms with E-state index < -0.39 is 33.4 Å². The number of carbonyl (C=O) groups is 3. The number of unbranched alkanes of at least 4 members (excludes halogenated alkanes) is 1. The zero-order chi connectivity index (χ0) is 25.4. The number of nitrogens with zero attached hydrogens (tertiary/aromatic N) is 1. The second kappa shape index (κ2) is 10.0. The molecule has 3 saturated heterocycles. The largest absolute Gasteiger partial charge is 0.494 e. The molecule has 4 rings (SSSR count). The third-order valence-electron chi connectivity index (χ3n) is 7.75. The molecule has 3 fully saturated rings. The van der Waals surface area contributed by atoms with Gasteiger partial charge in [-0.1, -0.05) is 13.3 Å². The molecule has 192 valence electrons. The van der Waals surface area contributed by atoms with Gasteiger partial charge in [0.2, 0.25) is 17.7 Å². The predicted molar refractivity (Wildman–Crippen MR) is 136 cm³/mol. The summed E-state index contributed by atoms with van der Waals surface area (Å²) in [5, 5.41) is 15.9. The van der Waals surface area contributed by atoms with Crippen LogP contribution in [-0.2, 0) is 14.4 Å². The van der Waals surface area contributed by atoms with Crippen molar-refractivity contribution in [1.29, 1.82) is 0 Å². The maximum Gasteiger partial charge on any atom is 0.244 e. The van der Waals surface area contributed by atoms with Crippen LogP contribution in [0.4, 0.5) is 5.69 Å². The third-order valence-corrected chi connectivity index (χ3v) is 9.73. The van der Waals surface area contributed by atoms with Crippen molar-refractivity contribution in [2.45, 2.75) is 75.0 Å². The Balaban J connectivity index is 1.64. The molecule has 3 aliphatic heterocycles. The summed E-state index contributed by atoms with van der Waals surface area (Å²) in [6.45, 7) is 8.65. The fraction of sp³-hybridized carbons (Fsp3) is 0.654. The van der Waals surface area contributed by atoms with Gasteiger partial charge in [-0.05, 0) is 64.3 Å². The van der Waals surface area contributed by atoms with E-state index in [2.05, 4.69) is 17.6 Å². The lowest BCUT2D eigenvalue weighted by Gasteiger charge is -2.36. The first-order valence-corrected chi connectivity index (χ1v) is 13.5. The van der Waals surface area contributed by atoms with E-state index in [0.29, 0.717) is 25.3 Å². The Bertz CT molecular complexity index is 972. The minimum absolute atomic E-state index is 0.182. The fourth-order valence-corrected chi connectivity index (χ4v) is 8.48. The molecule has 35 heavy (non-hydrogen) atoms. The standard InChI is InChI=1S/C26H37N3O5S/c1-5-7-14-27-23(32)21-26-13-12-25(4,35-26)19(20(26)24(33)29(21)16(3)15-30)22(31)28-17-8-10-18(11-9-17)34-6-2/h8-11,16,19-21,30H,5-7,12-15H2,1-4H3,(H,27,32)(H,28,31)/t16-,19+,20+,21?,25-,26?/m1/s1. The summed E-state index contributed by atoms with van der Waals surface area (Å²) < 4.78 is 4.37. The van der Waals surface area contributed by atoms with Gasteiger partial charge in [0.15, 0.2) is 0 Å². The van der Waals surface area contributed by atoms with Gasteiger partial charge < -0.3 is 25.4 Å². The topological polar surface area (TPSA) is 108 Å². The highest BCUT2D eigenvalue weighted by molar-refractivity contribution is 8.02. The summed E-state index contributed by atoms with van der Waals surface area (Å²) in [6.07, 6.45) is 3.26. The molecule has 9 heteroatoms. The Kier molecular flexibility index (Phi) is 7.38. The number of rotatable bonds is 10. The first-order chi connectivity index (χ1) is 16.7. The number of hydrogen-bond donors (Lipinski definition) is 3. The summed E-state index contributed by atoms with van der Waals surface area (Å²) in [7, 11) is 0. The molecule has 3 N–H and O–H groups in total. The lowest BCUT2D eigenvalue weighted by molar-refractivity contribution is -0.142. The Hall–Kier alpha value is -2.26. The van der Waals surface area contributed by atoms with Crippen molar-refractivity contribution in [3.05, 3.63) is 24.3 Å². The van der Waals surface area contributed by atoms with Crippen LogP contribution in [0, 0.1) is 11.8 Å². The van der Waals surface area contributed by atoms with E-state index in [1.165, 1.54) is 0 Å². The van der Waals surface area contributed by atoms with Crippen LogP contribution in [0.15, 0.2) is 24.3 Å². The summed E-state index contributed by atoms with van der Waals surface area (Å²) in [6, 6.07) is 5.99. The quantitative estimate of drug-likeness (QED) is 0.424. The van der Waals surface area contributed by atoms with Gasteiger partial charge in [0.05, 0.1) is 35.8 Å². The first-order valence-electron chi connectivity index (χ1n) is 12.7. The molecular formula is C26H37N3O5S. The van der Waals surface area contributed by atoms with Crippen LogP contribution in [0.3, 0.4) is 0 Å². The number of hydrogen-bond acceptors (Lipinski definition) is 6. The first kappa shape index (κ1) is 25.8. The van der Waals surface area contributed by atoms with E-state index in [4.69, 9.17) is 4.74 Å². The van der Waals surface area contributed by atoms with Crippen molar-refractivity contribution < 1.29 is 24.2 Å². The normalized spacial score (nSPS) is 31.9. The minimum atomic E-state index is -0.700. The van der Waals surface area contributed by atoms with E-state index in [0.717, 1.165) is 25.0 Å². The number of carbonyl (C=O) groups excluding carboxylic acids is 3. The molecule has 3 amide bonds. The van der Waals surface area contributed by atoms with Gasteiger partial charge in [-0.3, -0.25) is 14.4 Å². The summed E-state index contributed by atoms with van der Waals surface area (Å²) >= 11 is 1.63. The molecule has 1 spiro atoms. The van der Waals surface area contributed by atoms with Crippen molar-refractivity contribution in [2.24, 2.45) is 11.8 Å². The summed E-state index contributed by atoms with van der Waals surface area (Å²) in [4.78, 5) is 42.6. The molecular weight excluding hydrogens is 466 g/mol. The van der Waals surface area contributed by atoms with E-state index in [9.17, 15) is 19.5 Å². The van der Waals surface area contributed by atoms with Crippen LogP contribution in [0.1, 0.15) is 53.4 Å². The molecule has 8 nitrogen and oxygen atoms in total. The highest BCUT2D eigenvalue weighted by Crippen LogP contribution is 2.71. The maximum atomic E-state index is 13.9. The molecule has 0 aliphatic carbocycles. The smallest absolute Gasteiger partial charge is 0.244 e. The number of anilines is 1. The molecule has 2 bridgehead atoms. The Morgan fingerprint density at radius 2 is 1.94 bits per heavy atom. The summed E-state index contributed by atoms with van der Waals surface area (Å²) in [5.41, 5.74) is 0.642. The maximum absolute atomic E-state index is 13.9. The van der Waals surface area contributed by atoms with Crippen LogP contribution in [0.25, 0.3) is 0 Å². The minimum Gasteiger partial charge on any atom is -0.494 e. The van der Waals surface area contributed by atoms with Gasteiger partial charge in [0.25, 0.3) is 0 Å². The molecule has 1 aromatic rings. The highest BCUT2D eigenvalue weighted by Gasteiger charge is 2.77. The van der Waals surface area contributed by atoms with Gasteiger partial charge in [-0.15, -0.1) is 11.8 Å². The monoisotopic (exact) mass is 503 g/mol. The molecule has 2 unspecified atom stereocenters. The molecule has 1 aromatic carbocycles. The van der Waals surface area contributed by atoms with Crippen molar-refractivity contribution in [3.8, 4) is 5.75 Å². The van der Waals surface area contributed by atoms with Crippen LogP contribution in [-0.4, -0.2) is 69.1 Å². The van der Waals surface area contributed by atoms with E-state index in [1.807, 2.05) is 13.8 Å². The van der Waals surface area contributed by atoms with E-state index in [1.54, 1.807) is 47.9 Å². The Labute approximate surface area is 211 Å². The Morgan fingerprint density at radius 1 is 1.23 bits per heavy atom. The zero-order valence-electron chi connectivity index (χ0n) is 21.0. The van der Waals surface area contributed by atoms with Gasteiger partial charge in [-0.25, -0.2) is 0 Å². The van der Waals surface area contributed by atoms with Crippen LogP contribution >= 0.6 is 11.8 Å². The van der Waals surface area contributed by atoms with E-state index in [-0.39, 0.29) is 24.3 Å². The van der Waals surface area contributed by atoms with Crippen molar-refractivity contribution in [1.82, 2.24) is 10.2 Å². The van der Waals surface area contributed by atoms with Crippen LogP contribution in [0.5, 0.6) is 5.75 Å². The average Bonchev–Trinajstić information content (AvgIpc) is 3.41. The second-order valence-corrected chi connectivity index (χ2v) is 12.0. The number of aliphatic hydroxyl groups excluding tert-OH is 1. The lowest BCUT2D eigenvalue weighted by atomic mass is 9.66. The van der Waals surface area contributed by atoms with Gasteiger partial charge in [-0.2, -0.15) is 0 Å². The zero-order valence-corrected chi connectivity index (χ0v) is 21.8. The average molecular weight is 504 g/mol. The molecule has 3 heterocycles.